The van der Waals surface area contributed by atoms with Gasteiger partial charge >= 0.3 is 5.97 Å². The SMILES string of the molecule is O=C(O)CCn1cc(S(=O)(=O)N2CC=CCC2)cn1. The number of carboxylic acids is 1. The molecule has 0 radical (unpaired) electrons. The van der Waals surface area contributed by atoms with Gasteiger partial charge in [0, 0.05) is 19.3 Å². The van der Waals surface area contributed by atoms with E-state index >= 15 is 0 Å². The third-order valence-electron chi connectivity index (χ3n) is 2.82. The van der Waals surface area contributed by atoms with E-state index in [4.69, 9.17) is 5.11 Å². The molecule has 1 aliphatic rings. The van der Waals surface area contributed by atoms with Gasteiger partial charge in [0.1, 0.15) is 4.90 Å². The van der Waals surface area contributed by atoms with Crippen LogP contribution in [0.3, 0.4) is 0 Å². The van der Waals surface area contributed by atoms with Gasteiger partial charge in [-0.15, -0.1) is 0 Å². The molecule has 8 heteroatoms. The summed E-state index contributed by atoms with van der Waals surface area (Å²) < 4.78 is 27.2. The number of carbonyl (C=O) groups is 1. The fraction of sp³-hybridized carbons (Fsp3) is 0.455. The highest BCUT2D eigenvalue weighted by Crippen LogP contribution is 2.17. The van der Waals surface area contributed by atoms with Gasteiger partial charge in [-0.25, -0.2) is 8.42 Å². The zero-order valence-electron chi connectivity index (χ0n) is 10.3. The van der Waals surface area contributed by atoms with Crippen molar-refractivity contribution in [3.63, 3.8) is 0 Å². The van der Waals surface area contributed by atoms with Crippen LogP contribution in [0.15, 0.2) is 29.4 Å². The first-order valence-corrected chi connectivity index (χ1v) is 7.33. The lowest BCUT2D eigenvalue weighted by Crippen LogP contribution is -2.33. The highest BCUT2D eigenvalue weighted by atomic mass is 32.2. The predicted octanol–water partition coefficient (Wildman–Crippen LogP) is 0.308. The molecule has 2 heterocycles. The van der Waals surface area contributed by atoms with Crippen molar-refractivity contribution in [3.8, 4) is 0 Å². The van der Waals surface area contributed by atoms with E-state index in [1.54, 1.807) is 0 Å². The van der Waals surface area contributed by atoms with Crippen LogP contribution in [-0.2, 0) is 21.4 Å². The van der Waals surface area contributed by atoms with E-state index in [0.717, 1.165) is 0 Å². The maximum Gasteiger partial charge on any atom is 0.305 e. The Morgan fingerprint density at radius 3 is 2.84 bits per heavy atom. The summed E-state index contributed by atoms with van der Waals surface area (Å²) in [7, 11) is -3.53. The molecule has 0 fully saturated rings. The average Bonchev–Trinajstić information content (AvgIpc) is 2.87. The zero-order valence-corrected chi connectivity index (χ0v) is 11.1. The minimum Gasteiger partial charge on any atom is -0.481 e. The summed E-state index contributed by atoms with van der Waals surface area (Å²) in [6.45, 7) is 0.979. The molecule has 0 unspecified atom stereocenters. The van der Waals surface area contributed by atoms with Crippen molar-refractivity contribution >= 4 is 16.0 Å². The molecule has 0 amide bonds. The molecule has 0 bridgehead atoms. The topological polar surface area (TPSA) is 92.5 Å². The molecule has 1 aromatic rings. The van der Waals surface area contributed by atoms with Crippen molar-refractivity contribution in [1.29, 1.82) is 0 Å². The first-order chi connectivity index (χ1) is 9.00. The van der Waals surface area contributed by atoms with Crippen LogP contribution in [0.4, 0.5) is 0 Å². The molecule has 1 N–H and O–H groups in total. The normalized spacial score (nSPS) is 16.6. The number of aliphatic carboxylic acids is 1. The van der Waals surface area contributed by atoms with Crippen LogP contribution in [0.1, 0.15) is 12.8 Å². The molecule has 0 aromatic carbocycles. The lowest BCUT2D eigenvalue weighted by molar-refractivity contribution is -0.137. The first kappa shape index (κ1) is 13.8. The van der Waals surface area contributed by atoms with Crippen LogP contribution in [0.25, 0.3) is 0 Å². The van der Waals surface area contributed by atoms with Gasteiger partial charge in [0.15, 0.2) is 0 Å². The molecular formula is C11H15N3O4S. The summed E-state index contributed by atoms with van der Waals surface area (Å²) in [5, 5.41) is 12.4. The Kier molecular flexibility index (Phi) is 4.01. The van der Waals surface area contributed by atoms with E-state index in [1.807, 2.05) is 12.2 Å². The van der Waals surface area contributed by atoms with Crippen LogP contribution in [0, 0.1) is 0 Å². The van der Waals surface area contributed by atoms with Gasteiger partial charge in [0.25, 0.3) is 0 Å². The Morgan fingerprint density at radius 2 is 2.21 bits per heavy atom. The van der Waals surface area contributed by atoms with Gasteiger partial charge in [-0.2, -0.15) is 9.40 Å². The van der Waals surface area contributed by atoms with Gasteiger partial charge < -0.3 is 5.11 Å². The third-order valence-corrected chi connectivity index (χ3v) is 4.64. The smallest absolute Gasteiger partial charge is 0.305 e. The Hall–Kier alpha value is -1.67. The number of nitrogens with zero attached hydrogens (tertiary/aromatic N) is 3. The molecule has 19 heavy (non-hydrogen) atoms. The molecule has 0 saturated carbocycles. The van der Waals surface area contributed by atoms with Gasteiger partial charge in [0.05, 0.1) is 19.2 Å². The summed E-state index contributed by atoms with van der Waals surface area (Å²) >= 11 is 0. The zero-order chi connectivity index (χ0) is 13.9. The minimum absolute atomic E-state index is 0.0897. The average molecular weight is 285 g/mol. The minimum atomic E-state index is -3.53. The Labute approximate surface area is 111 Å². The van der Waals surface area contributed by atoms with Crippen molar-refractivity contribution in [1.82, 2.24) is 14.1 Å². The van der Waals surface area contributed by atoms with Crippen molar-refractivity contribution in [2.45, 2.75) is 24.3 Å². The number of sulfonamides is 1. The van der Waals surface area contributed by atoms with Crippen molar-refractivity contribution < 1.29 is 18.3 Å². The van der Waals surface area contributed by atoms with Gasteiger partial charge in [0.2, 0.25) is 10.0 Å². The van der Waals surface area contributed by atoms with E-state index in [-0.39, 0.29) is 17.9 Å². The first-order valence-electron chi connectivity index (χ1n) is 5.89. The number of rotatable bonds is 5. The van der Waals surface area contributed by atoms with E-state index in [2.05, 4.69) is 5.10 Å². The fourth-order valence-corrected chi connectivity index (χ4v) is 3.16. The van der Waals surface area contributed by atoms with Gasteiger partial charge in [-0.1, -0.05) is 12.2 Å². The second-order valence-corrected chi connectivity index (χ2v) is 6.14. The standard InChI is InChI=1S/C11H15N3O4S/c15-11(16)4-7-13-9-10(8-12-13)19(17,18)14-5-2-1-3-6-14/h1-2,8-9H,3-7H2,(H,15,16). The largest absolute Gasteiger partial charge is 0.481 e. The van der Waals surface area contributed by atoms with Crippen LogP contribution in [0.2, 0.25) is 0 Å². The fourth-order valence-electron chi connectivity index (χ4n) is 1.80. The third kappa shape index (κ3) is 3.21. The summed E-state index contributed by atoms with van der Waals surface area (Å²) in [5.74, 6) is -0.943. The number of aromatic nitrogens is 2. The monoisotopic (exact) mass is 285 g/mol. The maximum absolute atomic E-state index is 12.3. The second-order valence-electron chi connectivity index (χ2n) is 4.21. The summed E-state index contributed by atoms with van der Waals surface area (Å²) in [6.07, 6.45) is 7.00. The van der Waals surface area contributed by atoms with Gasteiger partial charge in [-0.3, -0.25) is 9.48 Å². The Bertz CT molecular complexity index is 591. The molecule has 104 valence electrons. The van der Waals surface area contributed by atoms with Crippen LogP contribution < -0.4 is 0 Å². The van der Waals surface area contributed by atoms with E-state index in [9.17, 15) is 13.2 Å². The Morgan fingerprint density at radius 1 is 1.42 bits per heavy atom. The summed E-state index contributed by atoms with van der Waals surface area (Å²) in [6, 6.07) is 0. The molecule has 2 rings (SSSR count). The molecular weight excluding hydrogens is 270 g/mol. The highest BCUT2D eigenvalue weighted by Gasteiger charge is 2.25. The predicted molar refractivity (Wildman–Crippen MR) is 67.0 cm³/mol. The van der Waals surface area contributed by atoms with Crippen LogP contribution in [-0.4, -0.2) is 46.7 Å². The molecule has 0 atom stereocenters. The number of hydrogen-bond acceptors (Lipinski definition) is 4. The Balaban J connectivity index is 2.12. The van der Waals surface area contributed by atoms with Gasteiger partial charge in [-0.05, 0) is 6.42 Å². The molecule has 0 saturated heterocycles. The van der Waals surface area contributed by atoms with E-state index in [1.165, 1.54) is 21.4 Å². The molecule has 0 spiro atoms. The van der Waals surface area contributed by atoms with Crippen LogP contribution in [0.5, 0.6) is 0 Å². The molecule has 7 nitrogen and oxygen atoms in total. The molecule has 1 aliphatic heterocycles. The lowest BCUT2D eigenvalue weighted by Gasteiger charge is -2.21. The number of aryl methyl sites for hydroxylation is 1. The quantitative estimate of drug-likeness (QED) is 0.786. The van der Waals surface area contributed by atoms with E-state index < -0.39 is 16.0 Å². The maximum atomic E-state index is 12.3. The lowest BCUT2D eigenvalue weighted by atomic mass is 10.3. The van der Waals surface area contributed by atoms with Crippen molar-refractivity contribution in [3.05, 3.63) is 24.5 Å². The molecule has 1 aromatic heterocycles. The number of carboxylic acid groups (broad SMARTS) is 1. The summed E-state index contributed by atoms with van der Waals surface area (Å²) in [4.78, 5) is 10.6. The summed E-state index contributed by atoms with van der Waals surface area (Å²) in [5.41, 5.74) is 0. The van der Waals surface area contributed by atoms with E-state index in [0.29, 0.717) is 19.5 Å². The highest BCUT2D eigenvalue weighted by molar-refractivity contribution is 7.89. The van der Waals surface area contributed by atoms with Crippen molar-refractivity contribution in [2.24, 2.45) is 0 Å². The molecule has 0 aliphatic carbocycles. The second kappa shape index (κ2) is 5.54. The van der Waals surface area contributed by atoms with Crippen molar-refractivity contribution in [2.75, 3.05) is 13.1 Å². The number of hydrogen-bond donors (Lipinski definition) is 1. The van der Waals surface area contributed by atoms with Crippen LogP contribution >= 0.6 is 0 Å².